The lowest BCUT2D eigenvalue weighted by Gasteiger charge is -2.28. The van der Waals surface area contributed by atoms with E-state index in [9.17, 15) is 13.2 Å². The number of amides is 2. The normalized spacial score (nSPS) is 20.7. The van der Waals surface area contributed by atoms with Gasteiger partial charge in [-0.05, 0) is 55.6 Å². The van der Waals surface area contributed by atoms with Crippen molar-refractivity contribution in [3.63, 3.8) is 0 Å². The SMILES string of the molecule is CCSc1nsc(NC(=O)N2C[C@H]3CC(N(C)c4ncnc5c4ccn5S(=O)(=O)c4ccc(C)cc4)C[C@H]3C2)n1. The molecule has 0 bridgehead atoms. The van der Waals surface area contributed by atoms with Crippen molar-refractivity contribution in [1.82, 2.24) is 28.2 Å². The smallest absolute Gasteiger partial charge is 0.323 e. The first-order valence-corrected chi connectivity index (χ1v) is 16.3. The molecule has 0 radical (unpaired) electrons. The molecule has 2 amide bonds. The van der Waals surface area contributed by atoms with Crippen LogP contribution in [0.1, 0.15) is 25.3 Å². The topological polar surface area (TPSA) is 126 Å². The summed E-state index contributed by atoms with van der Waals surface area (Å²) >= 11 is 2.76. The fraction of sp³-hybridized carbons (Fsp3) is 0.423. The molecule has 4 aromatic rings. The zero-order chi connectivity index (χ0) is 28.0. The number of rotatable bonds is 7. The minimum absolute atomic E-state index is 0.128. The number of hydrogen-bond acceptors (Lipinski definition) is 10. The molecule has 11 nitrogen and oxygen atoms in total. The quantitative estimate of drug-likeness (QED) is 0.310. The van der Waals surface area contributed by atoms with Crippen LogP contribution in [0.3, 0.4) is 0 Å². The van der Waals surface area contributed by atoms with Gasteiger partial charge in [-0.25, -0.2) is 27.2 Å². The molecule has 1 aliphatic carbocycles. The molecule has 210 valence electrons. The van der Waals surface area contributed by atoms with E-state index in [1.165, 1.54) is 21.8 Å². The number of hydrogen-bond donors (Lipinski definition) is 1. The second-order valence-corrected chi connectivity index (χ2v) is 14.1. The monoisotopic (exact) mass is 598 g/mol. The Kier molecular flexibility index (Phi) is 7.17. The molecule has 14 heteroatoms. The summed E-state index contributed by atoms with van der Waals surface area (Å²) in [5.41, 5.74) is 1.35. The van der Waals surface area contributed by atoms with Gasteiger partial charge in [0.25, 0.3) is 10.0 Å². The molecule has 0 spiro atoms. The molecule has 2 aliphatic rings. The molecule has 1 aliphatic heterocycles. The second-order valence-electron chi connectivity index (χ2n) is 10.3. The van der Waals surface area contributed by atoms with Gasteiger partial charge < -0.3 is 9.80 Å². The summed E-state index contributed by atoms with van der Waals surface area (Å²) in [5, 5.41) is 4.81. The highest BCUT2D eigenvalue weighted by atomic mass is 32.2. The van der Waals surface area contributed by atoms with E-state index in [4.69, 9.17) is 0 Å². The minimum Gasteiger partial charge on any atom is -0.356 e. The Morgan fingerprint density at radius 3 is 2.58 bits per heavy atom. The van der Waals surface area contributed by atoms with Crippen molar-refractivity contribution in [2.75, 3.05) is 36.1 Å². The number of aromatic nitrogens is 5. The maximum atomic E-state index is 13.4. The van der Waals surface area contributed by atoms with E-state index in [1.807, 2.05) is 25.8 Å². The lowest BCUT2D eigenvalue weighted by Crippen LogP contribution is -2.36. The lowest BCUT2D eigenvalue weighted by atomic mass is 10.0. The van der Waals surface area contributed by atoms with E-state index in [0.717, 1.165) is 24.2 Å². The number of likely N-dealkylation sites (tertiary alicyclic amines) is 1. The molecule has 1 saturated heterocycles. The van der Waals surface area contributed by atoms with E-state index in [-0.39, 0.29) is 17.0 Å². The average molecular weight is 599 g/mol. The zero-order valence-electron chi connectivity index (χ0n) is 22.4. The van der Waals surface area contributed by atoms with Gasteiger partial charge in [0.05, 0.1) is 10.3 Å². The van der Waals surface area contributed by atoms with Crippen LogP contribution in [0.5, 0.6) is 0 Å². The summed E-state index contributed by atoms with van der Waals surface area (Å²) < 4.78 is 32.2. The number of urea groups is 1. The molecule has 1 saturated carbocycles. The summed E-state index contributed by atoms with van der Waals surface area (Å²) in [6.45, 7) is 5.35. The van der Waals surface area contributed by atoms with Crippen LogP contribution in [0.25, 0.3) is 11.0 Å². The average Bonchev–Trinajstić information content (AvgIpc) is 3.71. The summed E-state index contributed by atoms with van der Waals surface area (Å²) in [7, 11) is -1.79. The highest BCUT2D eigenvalue weighted by Gasteiger charge is 2.44. The third-order valence-electron chi connectivity index (χ3n) is 7.79. The molecule has 40 heavy (non-hydrogen) atoms. The van der Waals surface area contributed by atoms with Crippen molar-refractivity contribution >= 4 is 61.3 Å². The lowest BCUT2D eigenvalue weighted by molar-refractivity contribution is 0.218. The number of aryl methyl sites for hydroxylation is 1. The maximum absolute atomic E-state index is 13.4. The second kappa shape index (κ2) is 10.6. The van der Waals surface area contributed by atoms with Gasteiger partial charge in [-0.15, -0.1) is 0 Å². The first-order valence-electron chi connectivity index (χ1n) is 13.1. The molecule has 6 rings (SSSR count). The Balaban J connectivity index is 1.14. The van der Waals surface area contributed by atoms with E-state index < -0.39 is 10.0 Å². The van der Waals surface area contributed by atoms with E-state index >= 15 is 0 Å². The summed E-state index contributed by atoms with van der Waals surface area (Å²) in [6, 6.07) is 8.67. The van der Waals surface area contributed by atoms with Crippen LogP contribution in [-0.4, -0.2) is 74.6 Å². The van der Waals surface area contributed by atoms with Crippen LogP contribution in [0.2, 0.25) is 0 Å². The van der Waals surface area contributed by atoms with E-state index in [2.05, 4.69) is 29.5 Å². The summed E-state index contributed by atoms with van der Waals surface area (Å²) in [6.07, 6.45) is 4.83. The van der Waals surface area contributed by atoms with Crippen molar-refractivity contribution in [3.8, 4) is 0 Å². The van der Waals surface area contributed by atoms with Crippen LogP contribution >= 0.6 is 23.3 Å². The predicted molar refractivity (Wildman–Crippen MR) is 157 cm³/mol. The van der Waals surface area contributed by atoms with E-state index in [1.54, 1.807) is 48.3 Å². The number of anilines is 2. The number of thioether (sulfide) groups is 1. The maximum Gasteiger partial charge on any atom is 0.323 e. The third-order valence-corrected chi connectivity index (χ3v) is 11.0. The molecule has 1 aromatic carbocycles. The number of fused-ring (bicyclic) bond motifs is 2. The molecular formula is C26H30N8O3S3. The molecule has 3 atom stereocenters. The van der Waals surface area contributed by atoms with E-state index in [0.29, 0.717) is 52.1 Å². The highest BCUT2D eigenvalue weighted by Crippen LogP contribution is 2.42. The number of nitrogens with one attached hydrogen (secondary N) is 1. The third kappa shape index (κ3) is 4.92. The number of carbonyl (C=O) groups excluding carboxylic acids is 1. The molecule has 2 fully saturated rings. The fourth-order valence-electron chi connectivity index (χ4n) is 5.76. The van der Waals surface area contributed by atoms with Gasteiger partial charge in [0.15, 0.2) is 5.65 Å². The van der Waals surface area contributed by atoms with Crippen LogP contribution in [0.15, 0.2) is 52.9 Å². The minimum atomic E-state index is -3.80. The van der Waals surface area contributed by atoms with Crippen molar-refractivity contribution in [2.24, 2.45) is 11.8 Å². The molecule has 3 aromatic heterocycles. The summed E-state index contributed by atoms with van der Waals surface area (Å²) in [4.78, 5) is 30.4. The molecule has 1 N–H and O–H groups in total. The number of nitrogens with zero attached hydrogens (tertiary/aromatic N) is 7. The predicted octanol–water partition coefficient (Wildman–Crippen LogP) is 4.32. The largest absolute Gasteiger partial charge is 0.356 e. The van der Waals surface area contributed by atoms with Crippen molar-refractivity contribution in [1.29, 1.82) is 0 Å². The Morgan fingerprint density at radius 1 is 1.15 bits per heavy atom. The number of benzene rings is 1. The fourth-order valence-corrected chi connectivity index (χ4v) is 8.32. The van der Waals surface area contributed by atoms with Gasteiger partial charge in [-0.2, -0.15) is 9.36 Å². The van der Waals surface area contributed by atoms with Gasteiger partial charge in [-0.1, -0.05) is 36.4 Å². The van der Waals surface area contributed by atoms with Gasteiger partial charge in [0.1, 0.15) is 12.1 Å². The Hall–Kier alpha value is -3.23. The first kappa shape index (κ1) is 27.0. The van der Waals surface area contributed by atoms with Crippen LogP contribution < -0.4 is 10.2 Å². The Labute approximate surface area is 241 Å². The van der Waals surface area contributed by atoms with Crippen molar-refractivity contribution in [2.45, 2.75) is 42.8 Å². The molecule has 1 unspecified atom stereocenters. The van der Waals surface area contributed by atoms with Gasteiger partial charge >= 0.3 is 6.03 Å². The first-order chi connectivity index (χ1) is 19.2. The van der Waals surface area contributed by atoms with Gasteiger partial charge in [0.2, 0.25) is 10.3 Å². The standard InChI is InChI=1S/C26H30N8O3S3/c1-4-38-25-29-24(39-31-25)30-26(35)33-13-17-11-19(12-18(17)14-33)32(3)22-21-9-10-34(23(21)28-15-27-22)40(36,37)20-7-5-16(2)6-8-20/h5-10,15,17-19H,4,11-14H2,1-3H3,(H,29,30,31,35)/t17-,18+,19?. The van der Waals surface area contributed by atoms with Crippen molar-refractivity contribution < 1.29 is 13.2 Å². The molecular weight excluding hydrogens is 569 g/mol. The van der Waals surface area contributed by atoms with Gasteiger partial charge in [-0.3, -0.25) is 5.32 Å². The van der Waals surface area contributed by atoms with Crippen LogP contribution in [0, 0.1) is 18.8 Å². The Morgan fingerprint density at radius 2 is 1.88 bits per heavy atom. The van der Waals surface area contributed by atoms with Crippen molar-refractivity contribution in [3.05, 3.63) is 48.4 Å². The van der Waals surface area contributed by atoms with Gasteiger partial charge in [0, 0.05) is 43.9 Å². The van der Waals surface area contributed by atoms with Crippen LogP contribution in [0.4, 0.5) is 15.7 Å². The molecule has 4 heterocycles. The summed E-state index contributed by atoms with van der Waals surface area (Å²) in [5.74, 6) is 2.37. The number of carbonyl (C=O) groups is 1. The Bertz CT molecular complexity index is 1640. The van der Waals surface area contributed by atoms with Crippen LogP contribution in [-0.2, 0) is 10.0 Å². The highest BCUT2D eigenvalue weighted by molar-refractivity contribution is 7.99. The zero-order valence-corrected chi connectivity index (χ0v) is 24.8.